The van der Waals surface area contributed by atoms with Gasteiger partial charge in [0, 0.05) is 29.9 Å². The first-order valence-electron chi connectivity index (χ1n) is 10.6. The van der Waals surface area contributed by atoms with Gasteiger partial charge in [-0.1, -0.05) is 17.3 Å². The Hall–Kier alpha value is -3.66. The van der Waals surface area contributed by atoms with Gasteiger partial charge in [0.1, 0.15) is 11.3 Å². The number of carbonyl (C=O) groups is 1. The zero-order valence-corrected chi connectivity index (χ0v) is 18.1. The molecule has 2 N–H and O–H groups in total. The van der Waals surface area contributed by atoms with Crippen molar-refractivity contribution < 1.29 is 18.1 Å². The molecule has 4 aromatic rings. The summed E-state index contributed by atoms with van der Waals surface area (Å²) in [5.41, 5.74) is 2.46. The summed E-state index contributed by atoms with van der Waals surface area (Å²) in [5, 5.41) is 10.3. The Bertz CT molecular complexity index is 1330. The van der Waals surface area contributed by atoms with Gasteiger partial charge in [0.05, 0.1) is 12.2 Å². The zero-order valence-electron chi connectivity index (χ0n) is 18.1. The maximum Gasteiger partial charge on any atom is 0.274 e. The van der Waals surface area contributed by atoms with Crippen LogP contribution in [0.4, 0.5) is 14.5 Å². The Morgan fingerprint density at radius 1 is 1.30 bits per heavy atom. The zero-order chi connectivity index (χ0) is 23.2. The van der Waals surface area contributed by atoms with Gasteiger partial charge < -0.3 is 15.2 Å². The first-order chi connectivity index (χ1) is 15.8. The van der Waals surface area contributed by atoms with Crippen molar-refractivity contribution in [1.29, 1.82) is 0 Å². The standard InChI is InChI=1S/C23H22F2N6O2/c1-13-5-6-14(20-29-22(33-30-20)16-4-3-8-26-16)10-17(13)28-21(32)18-12-27-19-11-15(23(2,24)25)7-9-31(18)19/h5-7,9-12,16,26H,3-4,8H2,1-2H3,(H,28,32)/t16-/m0/s1. The van der Waals surface area contributed by atoms with Crippen LogP contribution in [0.1, 0.15) is 53.3 Å². The summed E-state index contributed by atoms with van der Waals surface area (Å²) < 4.78 is 34.1. The molecule has 10 heteroatoms. The highest BCUT2D eigenvalue weighted by atomic mass is 19.3. The van der Waals surface area contributed by atoms with Crippen LogP contribution < -0.4 is 10.6 Å². The van der Waals surface area contributed by atoms with Crippen molar-refractivity contribution in [3.8, 4) is 11.4 Å². The van der Waals surface area contributed by atoms with Crippen molar-refractivity contribution in [1.82, 2.24) is 24.8 Å². The lowest BCUT2D eigenvalue weighted by molar-refractivity contribution is 0.0175. The normalized spacial score (nSPS) is 16.4. The Balaban J connectivity index is 1.40. The van der Waals surface area contributed by atoms with Gasteiger partial charge >= 0.3 is 0 Å². The summed E-state index contributed by atoms with van der Waals surface area (Å²) in [7, 11) is 0. The van der Waals surface area contributed by atoms with Gasteiger partial charge in [-0.25, -0.2) is 13.8 Å². The van der Waals surface area contributed by atoms with E-state index in [0.717, 1.165) is 31.9 Å². The van der Waals surface area contributed by atoms with E-state index in [0.29, 0.717) is 23.0 Å². The average Bonchev–Trinajstić information content (AvgIpc) is 3.53. The van der Waals surface area contributed by atoms with E-state index < -0.39 is 11.8 Å². The second-order valence-corrected chi connectivity index (χ2v) is 8.26. The lowest BCUT2D eigenvalue weighted by atomic mass is 10.1. The Labute approximate surface area is 188 Å². The monoisotopic (exact) mass is 452 g/mol. The van der Waals surface area contributed by atoms with Gasteiger partial charge in [0.2, 0.25) is 11.7 Å². The lowest BCUT2D eigenvalue weighted by Crippen LogP contribution is -2.15. The van der Waals surface area contributed by atoms with E-state index >= 15 is 0 Å². The number of hydrogen-bond acceptors (Lipinski definition) is 6. The van der Waals surface area contributed by atoms with Gasteiger partial charge in [-0.2, -0.15) is 4.98 Å². The van der Waals surface area contributed by atoms with Crippen LogP contribution >= 0.6 is 0 Å². The van der Waals surface area contributed by atoms with E-state index in [1.807, 2.05) is 19.1 Å². The number of carbonyl (C=O) groups excluding carboxylic acids is 1. The highest BCUT2D eigenvalue weighted by Crippen LogP contribution is 2.29. The minimum absolute atomic E-state index is 0.0687. The number of rotatable bonds is 5. The summed E-state index contributed by atoms with van der Waals surface area (Å²) in [6.07, 6.45) is 4.80. The van der Waals surface area contributed by atoms with Gasteiger partial charge in [-0.15, -0.1) is 0 Å². The molecule has 1 atom stereocenters. The van der Waals surface area contributed by atoms with Crippen molar-refractivity contribution in [2.24, 2.45) is 0 Å². The molecule has 1 fully saturated rings. The molecule has 1 aromatic carbocycles. The molecule has 33 heavy (non-hydrogen) atoms. The van der Waals surface area contributed by atoms with Crippen molar-refractivity contribution in [3.05, 3.63) is 65.4 Å². The largest absolute Gasteiger partial charge is 0.337 e. The summed E-state index contributed by atoms with van der Waals surface area (Å²) in [6.45, 7) is 3.62. The molecule has 8 nitrogen and oxygen atoms in total. The van der Waals surface area contributed by atoms with E-state index in [4.69, 9.17) is 4.52 Å². The maximum absolute atomic E-state index is 13.6. The number of anilines is 1. The third kappa shape index (κ3) is 4.09. The fraction of sp³-hybridized carbons (Fsp3) is 0.304. The number of imidazole rings is 1. The van der Waals surface area contributed by atoms with E-state index in [1.165, 1.54) is 28.9 Å². The molecular formula is C23H22F2N6O2. The number of nitrogens with zero attached hydrogens (tertiary/aromatic N) is 4. The van der Waals surface area contributed by atoms with Gasteiger partial charge in [-0.05, 0) is 50.1 Å². The van der Waals surface area contributed by atoms with Gasteiger partial charge in [-0.3, -0.25) is 9.20 Å². The molecule has 170 valence electrons. The first-order valence-corrected chi connectivity index (χ1v) is 10.6. The SMILES string of the molecule is Cc1ccc(-c2noc([C@@H]3CCCN3)n2)cc1NC(=O)c1cnc2cc(C(C)(F)F)ccn12. The molecule has 0 spiro atoms. The molecule has 1 saturated heterocycles. The fourth-order valence-electron chi connectivity index (χ4n) is 3.89. The fourth-order valence-corrected chi connectivity index (χ4v) is 3.89. The van der Waals surface area contributed by atoms with E-state index in [-0.39, 0.29) is 22.9 Å². The minimum atomic E-state index is -2.99. The molecule has 0 bridgehead atoms. The van der Waals surface area contributed by atoms with Crippen molar-refractivity contribution in [3.63, 3.8) is 0 Å². The van der Waals surface area contributed by atoms with Gasteiger partial charge in [0.25, 0.3) is 11.8 Å². The molecule has 1 aliphatic rings. The number of pyridine rings is 1. The number of aromatic nitrogens is 4. The number of benzene rings is 1. The molecule has 0 saturated carbocycles. The number of halogens is 2. The van der Waals surface area contributed by atoms with E-state index in [1.54, 1.807) is 6.07 Å². The smallest absolute Gasteiger partial charge is 0.274 e. The topological polar surface area (TPSA) is 97.4 Å². The van der Waals surface area contributed by atoms with E-state index in [9.17, 15) is 13.6 Å². The van der Waals surface area contributed by atoms with Crippen LogP contribution in [-0.4, -0.2) is 32.0 Å². The van der Waals surface area contributed by atoms with Crippen LogP contribution in [-0.2, 0) is 5.92 Å². The van der Waals surface area contributed by atoms with Crippen LogP contribution in [0.25, 0.3) is 17.0 Å². The number of aryl methyl sites for hydroxylation is 1. The van der Waals surface area contributed by atoms with Crippen LogP contribution in [0.2, 0.25) is 0 Å². The number of nitrogens with one attached hydrogen (secondary N) is 2. The number of fused-ring (bicyclic) bond motifs is 1. The third-order valence-corrected chi connectivity index (χ3v) is 5.80. The molecule has 0 radical (unpaired) electrons. The molecule has 5 rings (SSSR count). The highest BCUT2D eigenvalue weighted by Gasteiger charge is 2.26. The molecule has 1 amide bonds. The Morgan fingerprint density at radius 2 is 2.15 bits per heavy atom. The van der Waals surface area contributed by atoms with Crippen LogP contribution in [0.15, 0.2) is 47.2 Å². The Kier molecular flexibility index (Phi) is 5.16. The molecule has 0 unspecified atom stereocenters. The number of hydrogen-bond donors (Lipinski definition) is 2. The molecule has 0 aliphatic carbocycles. The number of alkyl halides is 2. The first kappa shape index (κ1) is 21.2. The summed E-state index contributed by atoms with van der Waals surface area (Å²) in [6, 6.07) is 8.13. The Morgan fingerprint density at radius 3 is 2.91 bits per heavy atom. The summed E-state index contributed by atoms with van der Waals surface area (Å²) in [5.74, 6) is -2.41. The van der Waals surface area contributed by atoms with Crippen molar-refractivity contribution in [2.75, 3.05) is 11.9 Å². The van der Waals surface area contributed by atoms with Crippen LogP contribution in [0.3, 0.4) is 0 Å². The quantitative estimate of drug-likeness (QED) is 0.463. The predicted molar refractivity (Wildman–Crippen MR) is 117 cm³/mol. The molecular weight excluding hydrogens is 430 g/mol. The maximum atomic E-state index is 13.6. The predicted octanol–water partition coefficient (Wildman–Crippen LogP) is 4.48. The lowest BCUT2D eigenvalue weighted by Gasteiger charge is -2.11. The second-order valence-electron chi connectivity index (χ2n) is 8.26. The third-order valence-electron chi connectivity index (χ3n) is 5.80. The van der Waals surface area contributed by atoms with Crippen molar-refractivity contribution in [2.45, 2.75) is 38.7 Å². The van der Waals surface area contributed by atoms with Crippen LogP contribution in [0.5, 0.6) is 0 Å². The second kappa shape index (κ2) is 8.04. The molecule has 4 heterocycles. The molecule has 3 aromatic heterocycles. The highest BCUT2D eigenvalue weighted by molar-refractivity contribution is 6.04. The van der Waals surface area contributed by atoms with Crippen LogP contribution in [0, 0.1) is 6.92 Å². The average molecular weight is 452 g/mol. The number of amides is 1. The molecule has 1 aliphatic heterocycles. The minimum Gasteiger partial charge on any atom is -0.337 e. The summed E-state index contributed by atoms with van der Waals surface area (Å²) in [4.78, 5) is 21.6. The van der Waals surface area contributed by atoms with Crippen molar-refractivity contribution >= 4 is 17.2 Å². The van der Waals surface area contributed by atoms with E-state index in [2.05, 4.69) is 25.8 Å². The van der Waals surface area contributed by atoms with Gasteiger partial charge in [0.15, 0.2) is 0 Å². The summed E-state index contributed by atoms with van der Waals surface area (Å²) >= 11 is 0.